The molecule has 0 radical (unpaired) electrons. The minimum absolute atomic E-state index is 0.203. The lowest BCUT2D eigenvalue weighted by atomic mass is 10.3. The number of carbonyl (C=O) groups excluding carboxylic acids is 1. The van der Waals surface area contributed by atoms with E-state index in [-0.39, 0.29) is 11.7 Å². The molecule has 18 heavy (non-hydrogen) atoms. The molecule has 2 rings (SSSR count). The van der Waals surface area contributed by atoms with Crippen LogP contribution in [0.4, 0.5) is 0 Å². The molecule has 0 aliphatic heterocycles. The van der Waals surface area contributed by atoms with Crippen LogP contribution in [0.25, 0.3) is 0 Å². The third kappa shape index (κ3) is 3.39. The summed E-state index contributed by atoms with van der Waals surface area (Å²) in [6.45, 7) is 2.55. The molecule has 0 spiro atoms. The molecule has 5 nitrogen and oxygen atoms in total. The molecule has 0 aliphatic carbocycles. The molecule has 0 saturated heterocycles. The summed E-state index contributed by atoms with van der Waals surface area (Å²) in [6.07, 6.45) is 1.78. The highest BCUT2D eigenvalue weighted by molar-refractivity contribution is 9.11. The van der Waals surface area contributed by atoms with Crippen molar-refractivity contribution < 1.29 is 4.79 Å². The van der Waals surface area contributed by atoms with Gasteiger partial charge in [-0.2, -0.15) is 0 Å². The van der Waals surface area contributed by atoms with E-state index in [1.807, 2.05) is 12.1 Å². The Bertz CT molecular complexity index is 537. The van der Waals surface area contributed by atoms with Crippen LogP contribution in [-0.4, -0.2) is 21.1 Å². The lowest BCUT2D eigenvalue weighted by molar-refractivity contribution is 0.0941. The standard InChI is InChI=1S/C11H13BrN4OS/c1-2-3-9-14-10(16-15-9)11(17)13-6-7-4-5-8(12)18-7/h4-5H,2-3,6H2,1H3,(H,13,17)(H,14,15,16). The lowest BCUT2D eigenvalue weighted by Gasteiger charge is -1.98. The number of H-pyrrole nitrogens is 1. The van der Waals surface area contributed by atoms with E-state index in [9.17, 15) is 4.79 Å². The predicted molar refractivity (Wildman–Crippen MR) is 73.6 cm³/mol. The number of aromatic amines is 1. The third-order valence-electron chi connectivity index (χ3n) is 2.27. The van der Waals surface area contributed by atoms with Gasteiger partial charge in [0.15, 0.2) is 0 Å². The number of nitrogens with one attached hydrogen (secondary N) is 2. The molecule has 2 aromatic rings. The molecule has 0 fully saturated rings. The van der Waals surface area contributed by atoms with Gasteiger partial charge in [0.05, 0.1) is 10.3 Å². The van der Waals surface area contributed by atoms with Crippen LogP contribution < -0.4 is 5.32 Å². The summed E-state index contributed by atoms with van der Waals surface area (Å²) in [5, 5.41) is 9.45. The Balaban J connectivity index is 1.90. The molecular formula is C11H13BrN4OS. The number of hydrogen-bond acceptors (Lipinski definition) is 4. The van der Waals surface area contributed by atoms with Crippen molar-refractivity contribution in [3.8, 4) is 0 Å². The van der Waals surface area contributed by atoms with Crippen LogP contribution in [0.15, 0.2) is 15.9 Å². The molecule has 2 aromatic heterocycles. The van der Waals surface area contributed by atoms with Crippen molar-refractivity contribution in [1.82, 2.24) is 20.5 Å². The van der Waals surface area contributed by atoms with E-state index in [0.29, 0.717) is 6.54 Å². The van der Waals surface area contributed by atoms with Gasteiger partial charge in [0.25, 0.3) is 5.91 Å². The molecule has 7 heteroatoms. The molecule has 0 saturated carbocycles. The van der Waals surface area contributed by atoms with Gasteiger partial charge in [-0.1, -0.05) is 6.92 Å². The Hall–Kier alpha value is -1.21. The molecule has 0 bridgehead atoms. The maximum absolute atomic E-state index is 11.8. The lowest BCUT2D eigenvalue weighted by Crippen LogP contribution is -2.23. The summed E-state index contributed by atoms with van der Waals surface area (Å²) in [5.41, 5.74) is 0. The number of nitrogens with zero attached hydrogens (tertiary/aromatic N) is 2. The maximum Gasteiger partial charge on any atom is 0.291 e. The van der Waals surface area contributed by atoms with Gasteiger partial charge < -0.3 is 5.32 Å². The first kappa shape index (κ1) is 13.2. The highest BCUT2D eigenvalue weighted by Crippen LogP contribution is 2.21. The van der Waals surface area contributed by atoms with E-state index in [1.165, 1.54) is 0 Å². The predicted octanol–water partition coefficient (Wildman–Crippen LogP) is 2.51. The molecule has 2 heterocycles. The Morgan fingerprint density at radius 1 is 1.56 bits per heavy atom. The van der Waals surface area contributed by atoms with Gasteiger partial charge in [-0.3, -0.25) is 9.89 Å². The highest BCUT2D eigenvalue weighted by Gasteiger charge is 2.11. The Labute approximate surface area is 117 Å². The monoisotopic (exact) mass is 328 g/mol. The van der Waals surface area contributed by atoms with Crippen molar-refractivity contribution in [2.45, 2.75) is 26.3 Å². The molecule has 1 amide bonds. The highest BCUT2D eigenvalue weighted by atomic mass is 79.9. The average molecular weight is 329 g/mol. The summed E-state index contributed by atoms with van der Waals surface area (Å²) < 4.78 is 1.05. The summed E-state index contributed by atoms with van der Waals surface area (Å²) in [4.78, 5) is 17.0. The van der Waals surface area contributed by atoms with Crippen molar-refractivity contribution in [2.75, 3.05) is 0 Å². The summed E-state index contributed by atoms with van der Waals surface area (Å²) in [7, 11) is 0. The van der Waals surface area contributed by atoms with Crippen molar-refractivity contribution in [3.05, 3.63) is 32.4 Å². The fourth-order valence-corrected chi connectivity index (χ4v) is 2.86. The minimum atomic E-state index is -0.252. The number of rotatable bonds is 5. The second kappa shape index (κ2) is 6.10. The molecular weight excluding hydrogens is 316 g/mol. The Morgan fingerprint density at radius 3 is 3.06 bits per heavy atom. The normalized spacial score (nSPS) is 10.6. The van der Waals surface area contributed by atoms with Gasteiger partial charge in [-0.15, -0.1) is 16.4 Å². The Morgan fingerprint density at radius 2 is 2.39 bits per heavy atom. The molecule has 0 aliphatic rings. The SMILES string of the molecule is CCCc1nc(C(=O)NCc2ccc(Br)s2)n[nH]1. The van der Waals surface area contributed by atoms with E-state index in [2.05, 4.69) is 43.4 Å². The number of aromatic nitrogens is 3. The van der Waals surface area contributed by atoms with Crippen LogP contribution >= 0.6 is 27.3 Å². The molecule has 0 atom stereocenters. The smallest absolute Gasteiger partial charge is 0.291 e. The zero-order chi connectivity index (χ0) is 13.0. The zero-order valence-electron chi connectivity index (χ0n) is 9.86. The van der Waals surface area contributed by atoms with Gasteiger partial charge >= 0.3 is 0 Å². The second-order valence-electron chi connectivity index (χ2n) is 3.74. The fraction of sp³-hybridized carbons (Fsp3) is 0.364. The number of aryl methyl sites for hydroxylation is 1. The molecule has 2 N–H and O–H groups in total. The number of halogens is 1. The van der Waals surface area contributed by atoms with E-state index >= 15 is 0 Å². The summed E-state index contributed by atoms with van der Waals surface area (Å²) in [5.74, 6) is 0.703. The first-order valence-electron chi connectivity index (χ1n) is 5.62. The average Bonchev–Trinajstić information content (AvgIpc) is 2.96. The second-order valence-corrected chi connectivity index (χ2v) is 6.29. The summed E-state index contributed by atoms with van der Waals surface area (Å²) in [6, 6.07) is 3.92. The van der Waals surface area contributed by atoms with Gasteiger partial charge in [0.1, 0.15) is 5.82 Å². The van der Waals surface area contributed by atoms with Crippen molar-refractivity contribution in [2.24, 2.45) is 0 Å². The Kier molecular flexibility index (Phi) is 4.48. The molecule has 0 aromatic carbocycles. The fourth-order valence-electron chi connectivity index (χ4n) is 1.44. The van der Waals surface area contributed by atoms with E-state index in [4.69, 9.17) is 0 Å². The first-order valence-corrected chi connectivity index (χ1v) is 7.23. The maximum atomic E-state index is 11.8. The van der Waals surface area contributed by atoms with E-state index < -0.39 is 0 Å². The van der Waals surface area contributed by atoms with Crippen LogP contribution in [-0.2, 0) is 13.0 Å². The topological polar surface area (TPSA) is 70.7 Å². The van der Waals surface area contributed by atoms with Crippen molar-refractivity contribution in [1.29, 1.82) is 0 Å². The molecule has 96 valence electrons. The van der Waals surface area contributed by atoms with Crippen molar-refractivity contribution in [3.63, 3.8) is 0 Å². The van der Waals surface area contributed by atoms with Gasteiger partial charge in [-0.05, 0) is 34.5 Å². The van der Waals surface area contributed by atoms with Gasteiger partial charge in [-0.25, -0.2) is 4.98 Å². The van der Waals surface area contributed by atoms with Crippen molar-refractivity contribution >= 4 is 33.2 Å². The largest absolute Gasteiger partial charge is 0.344 e. The van der Waals surface area contributed by atoms with Gasteiger partial charge in [0.2, 0.25) is 5.82 Å². The van der Waals surface area contributed by atoms with Gasteiger partial charge in [0, 0.05) is 11.3 Å². The number of hydrogen-bond donors (Lipinski definition) is 2. The van der Waals surface area contributed by atoms with Crippen LogP contribution in [0.1, 0.15) is 34.7 Å². The zero-order valence-corrected chi connectivity index (χ0v) is 12.3. The first-order chi connectivity index (χ1) is 8.69. The van der Waals surface area contributed by atoms with Crippen LogP contribution in [0.2, 0.25) is 0 Å². The minimum Gasteiger partial charge on any atom is -0.344 e. The number of carbonyl (C=O) groups is 1. The van der Waals surface area contributed by atoms with Crippen LogP contribution in [0.5, 0.6) is 0 Å². The number of thiophene rings is 1. The quantitative estimate of drug-likeness (QED) is 0.885. The van der Waals surface area contributed by atoms with Crippen LogP contribution in [0, 0.1) is 0 Å². The number of amides is 1. The van der Waals surface area contributed by atoms with E-state index in [1.54, 1.807) is 11.3 Å². The summed E-state index contributed by atoms with van der Waals surface area (Å²) >= 11 is 4.97. The van der Waals surface area contributed by atoms with E-state index in [0.717, 1.165) is 27.3 Å². The third-order valence-corrected chi connectivity index (χ3v) is 3.90. The van der Waals surface area contributed by atoms with Crippen LogP contribution in [0.3, 0.4) is 0 Å². The molecule has 0 unspecified atom stereocenters.